The Bertz CT molecular complexity index is 694. The average Bonchev–Trinajstić information content (AvgIpc) is 2.61. The SMILES string of the molecule is C=C1CCC(N2Cc3cc(C(CCC)CCC)ccc3CC2=C)C(=C)N1. The zero-order valence-corrected chi connectivity index (χ0v) is 16.6. The van der Waals surface area contributed by atoms with Crippen molar-refractivity contribution < 1.29 is 0 Å². The largest absolute Gasteiger partial charge is 0.362 e. The summed E-state index contributed by atoms with van der Waals surface area (Å²) in [5, 5.41) is 3.36. The molecule has 1 unspecified atom stereocenters. The van der Waals surface area contributed by atoms with Crippen LogP contribution < -0.4 is 5.32 Å². The highest BCUT2D eigenvalue weighted by atomic mass is 15.2. The van der Waals surface area contributed by atoms with E-state index in [1.807, 2.05) is 0 Å². The van der Waals surface area contributed by atoms with E-state index in [0.29, 0.717) is 12.0 Å². The molecule has 2 aliphatic rings. The Kier molecular flexibility index (Phi) is 5.90. The Balaban J connectivity index is 1.83. The van der Waals surface area contributed by atoms with Gasteiger partial charge in [-0.15, -0.1) is 0 Å². The number of fused-ring (bicyclic) bond motifs is 1. The molecule has 0 aliphatic carbocycles. The zero-order valence-electron chi connectivity index (χ0n) is 16.6. The number of nitrogens with one attached hydrogen (secondary N) is 1. The summed E-state index contributed by atoms with van der Waals surface area (Å²) in [6.07, 6.45) is 8.11. The van der Waals surface area contributed by atoms with E-state index < -0.39 is 0 Å². The monoisotopic (exact) mass is 350 g/mol. The number of hydrogen-bond acceptors (Lipinski definition) is 2. The molecule has 1 aromatic rings. The smallest absolute Gasteiger partial charge is 0.0690 e. The first-order valence-corrected chi connectivity index (χ1v) is 10.2. The molecule has 0 saturated carbocycles. The lowest BCUT2D eigenvalue weighted by Crippen LogP contribution is -2.43. The van der Waals surface area contributed by atoms with Crippen molar-refractivity contribution in [3.63, 3.8) is 0 Å². The van der Waals surface area contributed by atoms with Crippen molar-refractivity contribution in [2.75, 3.05) is 0 Å². The zero-order chi connectivity index (χ0) is 18.7. The minimum Gasteiger partial charge on any atom is -0.362 e. The molecule has 1 saturated heterocycles. The van der Waals surface area contributed by atoms with Crippen LogP contribution in [0.15, 0.2) is 55.0 Å². The van der Waals surface area contributed by atoms with Crippen LogP contribution in [0.5, 0.6) is 0 Å². The van der Waals surface area contributed by atoms with Gasteiger partial charge in [0.1, 0.15) is 0 Å². The molecule has 1 fully saturated rings. The lowest BCUT2D eigenvalue weighted by molar-refractivity contribution is 0.231. The highest BCUT2D eigenvalue weighted by Crippen LogP contribution is 2.35. The summed E-state index contributed by atoms with van der Waals surface area (Å²) in [4.78, 5) is 2.46. The molecule has 0 amide bonds. The van der Waals surface area contributed by atoms with Gasteiger partial charge in [-0.05, 0) is 48.3 Å². The molecule has 2 nitrogen and oxygen atoms in total. The third-order valence-corrected chi connectivity index (χ3v) is 5.95. The molecule has 1 atom stereocenters. The van der Waals surface area contributed by atoms with Crippen LogP contribution in [0, 0.1) is 0 Å². The van der Waals surface area contributed by atoms with Gasteiger partial charge in [-0.2, -0.15) is 0 Å². The fourth-order valence-corrected chi connectivity index (χ4v) is 4.54. The first-order chi connectivity index (χ1) is 12.5. The second-order valence-corrected chi connectivity index (χ2v) is 7.98. The first kappa shape index (κ1) is 18.8. The summed E-state index contributed by atoms with van der Waals surface area (Å²) in [5.41, 5.74) is 7.80. The van der Waals surface area contributed by atoms with Gasteiger partial charge in [-0.25, -0.2) is 0 Å². The first-order valence-electron chi connectivity index (χ1n) is 10.2. The maximum atomic E-state index is 4.37. The third-order valence-electron chi connectivity index (χ3n) is 5.95. The Labute approximate surface area is 159 Å². The van der Waals surface area contributed by atoms with Crippen LogP contribution in [-0.4, -0.2) is 10.9 Å². The van der Waals surface area contributed by atoms with Gasteiger partial charge in [0, 0.05) is 30.1 Å². The van der Waals surface area contributed by atoms with Crippen LogP contribution in [0.1, 0.15) is 75.0 Å². The van der Waals surface area contributed by atoms with Crippen molar-refractivity contribution in [1.82, 2.24) is 10.2 Å². The molecule has 2 aliphatic heterocycles. The molecule has 1 aromatic carbocycles. The second kappa shape index (κ2) is 8.16. The quantitative estimate of drug-likeness (QED) is 0.674. The van der Waals surface area contributed by atoms with E-state index in [9.17, 15) is 0 Å². The number of benzene rings is 1. The highest BCUT2D eigenvalue weighted by molar-refractivity contribution is 5.39. The normalized spacial score (nSPS) is 20.3. The van der Waals surface area contributed by atoms with E-state index in [1.165, 1.54) is 48.1 Å². The summed E-state index contributed by atoms with van der Waals surface area (Å²) in [6.45, 7) is 18.2. The van der Waals surface area contributed by atoms with E-state index in [0.717, 1.165) is 37.2 Å². The molecular weight excluding hydrogens is 316 g/mol. The Morgan fingerprint density at radius 2 is 1.85 bits per heavy atom. The Morgan fingerprint density at radius 1 is 1.12 bits per heavy atom. The summed E-state index contributed by atoms with van der Waals surface area (Å²) >= 11 is 0. The average molecular weight is 351 g/mol. The minimum absolute atomic E-state index is 0.326. The van der Waals surface area contributed by atoms with Crippen molar-refractivity contribution in [3.05, 3.63) is 71.7 Å². The fourth-order valence-electron chi connectivity index (χ4n) is 4.54. The Hall–Kier alpha value is -1.96. The van der Waals surface area contributed by atoms with Gasteiger partial charge < -0.3 is 10.2 Å². The fraction of sp³-hybridized carbons (Fsp3) is 0.500. The van der Waals surface area contributed by atoms with Crippen LogP contribution in [0.2, 0.25) is 0 Å². The molecule has 1 N–H and O–H groups in total. The lowest BCUT2D eigenvalue weighted by Gasteiger charge is -2.42. The van der Waals surface area contributed by atoms with Gasteiger partial charge in [-0.1, -0.05) is 64.6 Å². The van der Waals surface area contributed by atoms with Crippen molar-refractivity contribution in [3.8, 4) is 0 Å². The minimum atomic E-state index is 0.326. The van der Waals surface area contributed by atoms with Gasteiger partial charge in [0.25, 0.3) is 0 Å². The van der Waals surface area contributed by atoms with Crippen LogP contribution >= 0.6 is 0 Å². The second-order valence-electron chi connectivity index (χ2n) is 7.98. The van der Waals surface area contributed by atoms with Crippen LogP contribution in [0.3, 0.4) is 0 Å². The van der Waals surface area contributed by atoms with Crippen LogP contribution in [0.25, 0.3) is 0 Å². The van der Waals surface area contributed by atoms with Crippen LogP contribution in [-0.2, 0) is 13.0 Å². The summed E-state index contributed by atoms with van der Waals surface area (Å²) in [5.74, 6) is 0.698. The number of allylic oxidation sites excluding steroid dienone is 2. The van der Waals surface area contributed by atoms with Crippen molar-refractivity contribution in [1.29, 1.82) is 0 Å². The van der Waals surface area contributed by atoms with Crippen molar-refractivity contribution in [2.24, 2.45) is 0 Å². The summed E-state index contributed by atoms with van der Waals surface area (Å²) in [6, 6.07) is 7.51. The number of piperidine rings is 1. The molecule has 140 valence electrons. The molecule has 26 heavy (non-hydrogen) atoms. The van der Waals surface area contributed by atoms with E-state index >= 15 is 0 Å². The number of hydrogen-bond donors (Lipinski definition) is 1. The number of nitrogens with zero attached hydrogens (tertiary/aromatic N) is 1. The highest BCUT2D eigenvalue weighted by Gasteiger charge is 2.30. The molecule has 0 spiro atoms. The Morgan fingerprint density at radius 3 is 2.50 bits per heavy atom. The third kappa shape index (κ3) is 3.90. The van der Waals surface area contributed by atoms with E-state index in [2.05, 4.69) is 62.0 Å². The van der Waals surface area contributed by atoms with Gasteiger partial charge in [0.2, 0.25) is 0 Å². The maximum absolute atomic E-state index is 4.37. The maximum Gasteiger partial charge on any atom is 0.0690 e. The molecular formula is C24H34N2. The molecule has 0 radical (unpaired) electrons. The molecule has 3 rings (SSSR count). The molecule has 2 heterocycles. The molecule has 0 aromatic heterocycles. The molecule has 2 heteroatoms. The summed E-state index contributed by atoms with van der Waals surface area (Å²) in [7, 11) is 0. The number of rotatable bonds is 6. The van der Waals surface area contributed by atoms with Gasteiger partial charge in [0.05, 0.1) is 6.04 Å². The van der Waals surface area contributed by atoms with E-state index in [4.69, 9.17) is 0 Å². The van der Waals surface area contributed by atoms with Gasteiger partial charge in [-0.3, -0.25) is 0 Å². The lowest BCUT2D eigenvalue weighted by atomic mass is 9.86. The van der Waals surface area contributed by atoms with E-state index in [1.54, 1.807) is 0 Å². The van der Waals surface area contributed by atoms with Crippen LogP contribution in [0.4, 0.5) is 0 Å². The predicted molar refractivity (Wildman–Crippen MR) is 112 cm³/mol. The molecule has 0 bridgehead atoms. The predicted octanol–water partition coefficient (Wildman–Crippen LogP) is 6.02. The standard InChI is InChI=1S/C24H34N2/c1-6-8-20(9-7-2)22-12-11-21-14-18(4)26(16-23(21)15-22)24-13-10-17(3)25-19(24)5/h11-12,15,20,24-25H,3-10,13-14,16H2,1-2H3. The van der Waals surface area contributed by atoms with E-state index in [-0.39, 0.29) is 0 Å². The topological polar surface area (TPSA) is 15.3 Å². The van der Waals surface area contributed by atoms with Gasteiger partial charge >= 0.3 is 0 Å². The summed E-state index contributed by atoms with van der Waals surface area (Å²) < 4.78 is 0. The van der Waals surface area contributed by atoms with Crippen molar-refractivity contribution in [2.45, 2.75) is 77.3 Å². The van der Waals surface area contributed by atoms with Gasteiger partial charge in [0.15, 0.2) is 0 Å². The van der Waals surface area contributed by atoms with Crippen molar-refractivity contribution >= 4 is 0 Å².